The summed E-state index contributed by atoms with van der Waals surface area (Å²) in [6, 6.07) is 10.1. The Morgan fingerprint density at radius 1 is 1.14 bits per heavy atom. The van der Waals surface area contributed by atoms with Gasteiger partial charge in [0.1, 0.15) is 0 Å². The van der Waals surface area contributed by atoms with Crippen molar-refractivity contribution in [1.29, 1.82) is 0 Å². The van der Waals surface area contributed by atoms with Crippen LogP contribution in [0.15, 0.2) is 35.1 Å². The topological polar surface area (TPSA) is 93.3 Å². The van der Waals surface area contributed by atoms with E-state index in [1.54, 1.807) is 9.08 Å². The van der Waals surface area contributed by atoms with Crippen LogP contribution < -0.4 is 10.5 Å². The number of hydrogen-bond donors (Lipinski definition) is 1. The van der Waals surface area contributed by atoms with Crippen LogP contribution in [0, 0.1) is 0 Å². The normalized spacial score (nSPS) is 14.9. The average Bonchev–Trinajstić information content (AvgIpc) is 3.37. The Balaban J connectivity index is 1.66. The minimum Gasteiger partial charge on any atom is -0.378 e. The summed E-state index contributed by atoms with van der Waals surface area (Å²) < 4.78 is 8.81. The lowest BCUT2D eigenvalue weighted by Crippen LogP contribution is -2.36. The fourth-order valence-electron chi connectivity index (χ4n) is 3.75. The molecule has 29 heavy (non-hydrogen) atoms. The molecule has 0 unspecified atom stereocenters. The van der Waals surface area contributed by atoms with Gasteiger partial charge in [-0.3, -0.25) is 9.36 Å². The smallest absolute Gasteiger partial charge is 0.281 e. The molecular formula is C20H23N7O2. The maximum absolute atomic E-state index is 13.2. The third kappa shape index (κ3) is 3.17. The molecule has 1 aliphatic rings. The molecule has 4 heterocycles. The summed E-state index contributed by atoms with van der Waals surface area (Å²) in [4.78, 5) is 27.9. The number of ether oxygens (including phenoxy) is 1. The summed E-state index contributed by atoms with van der Waals surface area (Å²) in [5.74, 6) is 1.88. The molecular weight excluding hydrogens is 370 g/mol. The van der Waals surface area contributed by atoms with E-state index < -0.39 is 0 Å². The van der Waals surface area contributed by atoms with Crippen LogP contribution in [0.1, 0.15) is 24.7 Å². The molecule has 0 aliphatic carbocycles. The van der Waals surface area contributed by atoms with Crippen LogP contribution in [0.4, 0.5) is 5.95 Å². The number of fused-ring (bicyclic) bond motifs is 3. The van der Waals surface area contributed by atoms with Crippen LogP contribution in [0.3, 0.4) is 0 Å². The molecule has 150 valence electrons. The van der Waals surface area contributed by atoms with Gasteiger partial charge >= 0.3 is 0 Å². The fraction of sp³-hybridized carbons (Fsp3) is 0.400. The second kappa shape index (κ2) is 7.32. The molecule has 1 fully saturated rings. The molecule has 1 aromatic carbocycles. The lowest BCUT2D eigenvalue weighted by molar-refractivity contribution is 0.122. The predicted molar refractivity (Wildman–Crippen MR) is 109 cm³/mol. The number of hydrogen-bond acceptors (Lipinski definition) is 6. The number of rotatable bonds is 5. The number of nitrogens with zero attached hydrogens (tertiary/aromatic N) is 6. The van der Waals surface area contributed by atoms with Gasteiger partial charge in [-0.15, -0.1) is 5.10 Å². The molecule has 5 rings (SSSR count). The molecule has 3 aromatic heterocycles. The first kappa shape index (κ1) is 17.9. The first-order valence-electron chi connectivity index (χ1n) is 9.99. The first-order valence-corrected chi connectivity index (χ1v) is 9.99. The van der Waals surface area contributed by atoms with Gasteiger partial charge in [-0.25, -0.2) is 0 Å². The van der Waals surface area contributed by atoms with Gasteiger partial charge < -0.3 is 14.6 Å². The Kier molecular flexibility index (Phi) is 4.51. The van der Waals surface area contributed by atoms with E-state index in [1.165, 1.54) is 0 Å². The summed E-state index contributed by atoms with van der Waals surface area (Å²) in [5, 5.41) is 4.70. The lowest BCUT2D eigenvalue weighted by Gasteiger charge is -2.25. The van der Waals surface area contributed by atoms with Crippen LogP contribution in [0.5, 0.6) is 0 Å². The average molecular weight is 393 g/mol. The summed E-state index contributed by atoms with van der Waals surface area (Å²) in [5.41, 5.74) is 1.99. The Morgan fingerprint density at radius 2 is 1.93 bits per heavy atom. The molecule has 0 spiro atoms. The monoisotopic (exact) mass is 393 g/mol. The molecule has 0 amide bonds. The number of H-pyrrole nitrogens is 1. The SMILES string of the molecule is CCCn1c(=O)c2[nH]c(N3CCOCC3)nc2n2nc(Cc3ccccc3)nc12. The van der Waals surface area contributed by atoms with Crippen molar-refractivity contribution >= 4 is 22.9 Å². The van der Waals surface area contributed by atoms with E-state index in [0.29, 0.717) is 54.9 Å². The zero-order valence-electron chi connectivity index (χ0n) is 16.3. The van der Waals surface area contributed by atoms with Gasteiger partial charge in [-0.1, -0.05) is 37.3 Å². The highest BCUT2D eigenvalue weighted by Crippen LogP contribution is 2.18. The maximum Gasteiger partial charge on any atom is 0.281 e. The number of aromatic nitrogens is 6. The van der Waals surface area contributed by atoms with Crippen LogP contribution in [-0.2, 0) is 17.7 Å². The standard InChI is InChI=1S/C20H23N7O2/c1-2-8-26-18(28)16-17(23-19(22-16)25-9-11-29-12-10-25)27-20(26)21-15(24-27)13-14-6-4-3-5-7-14/h3-7H,2,8-13H2,1H3,(H,22,23). The number of aromatic amines is 1. The number of anilines is 1. The molecule has 9 heteroatoms. The molecule has 1 aliphatic heterocycles. The summed E-state index contributed by atoms with van der Waals surface area (Å²) in [6.45, 7) is 5.40. The van der Waals surface area contributed by atoms with Crippen molar-refractivity contribution in [3.8, 4) is 0 Å². The van der Waals surface area contributed by atoms with E-state index >= 15 is 0 Å². The van der Waals surface area contributed by atoms with Crippen molar-refractivity contribution < 1.29 is 4.74 Å². The molecule has 9 nitrogen and oxygen atoms in total. The van der Waals surface area contributed by atoms with Gasteiger partial charge in [-0.2, -0.15) is 14.5 Å². The van der Waals surface area contributed by atoms with Gasteiger partial charge in [0.2, 0.25) is 11.7 Å². The van der Waals surface area contributed by atoms with Crippen LogP contribution in [-0.4, -0.2) is 55.4 Å². The zero-order valence-corrected chi connectivity index (χ0v) is 16.3. The molecule has 1 saturated heterocycles. The van der Waals surface area contributed by atoms with Crippen molar-refractivity contribution in [3.05, 3.63) is 52.1 Å². The second-order valence-corrected chi connectivity index (χ2v) is 7.22. The summed E-state index contributed by atoms with van der Waals surface area (Å²) in [7, 11) is 0. The number of benzene rings is 1. The van der Waals surface area contributed by atoms with Crippen molar-refractivity contribution in [1.82, 2.24) is 29.1 Å². The van der Waals surface area contributed by atoms with E-state index in [4.69, 9.17) is 14.8 Å². The van der Waals surface area contributed by atoms with Gasteiger partial charge in [0.15, 0.2) is 17.0 Å². The van der Waals surface area contributed by atoms with Crippen molar-refractivity contribution in [3.63, 3.8) is 0 Å². The van der Waals surface area contributed by atoms with E-state index in [0.717, 1.165) is 25.1 Å². The Morgan fingerprint density at radius 3 is 2.69 bits per heavy atom. The second-order valence-electron chi connectivity index (χ2n) is 7.22. The molecule has 0 atom stereocenters. The molecule has 0 saturated carbocycles. The Hall–Kier alpha value is -3.20. The lowest BCUT2D eigenvalue weighted by atomic mass is 10.1. The van der Waals surface area contributed by atoms with E-state index in [-0.39, 0.29) is 5.56 Å². The molecule has 4 aromatic rings. The molecule has 0 radical (unpaired) electrons. The van der Waals surface area contributed by atoms with Crippen molar-refractivity contribution in [2.75, 3.05) is 31.2 Å². The largest absolute Gasteiger partial charge is 0.378 e. The number of morpholine rings is 1. The van der Waals surface area contributed by atoms with Crippen molar-refractivity contribution in [2.45, 2.75) is 26.3 Å². The summed E-state index contributed by atoms with van der Waals surface area (Å²) >= 11 is 0. The first-order chi connectivity index (χ1) is 14.2. The number of imidazole rings is 1. The molecule has 0 bridgehead atoms. The highest BCUT2D eigenvalue weighted by Gasteiger charge is 2.21. The van der Waals surface area contributed by atoms with Crippen LogP contribution >= 0.6 is 0 Å². The third-order valence-corrected chi connectivity index (χ3v) is 5.17. The van der Waals surface area contributed by atoms with E-state index in [2.05, 4.69) is 14.9 Å². The van der Waals surface area contributed by atoms with Gasteiger partial charge in [0, 0.05) is 26.1 Å². The van der Waals surface area contributed by atoms with E-state index in [9.17, 15) is 4.79 Å². The van der Waals surface area contributed by atoms with E-state index in [1.807, 2.05) is 37.3 Å². The molecule has 1 N–H and O–H groups in total. The highest BCUT2D eigenvalue weighted by atomic mass is 16.5. The van der Waals surface area contributed by atoms with Crippen molar-refractivity contribution in [2.24, 2.45) is 0 Å². The van der Waals surface area contributed by atoms with Gasteiger partial charge in [-0.05, 0) is 12.0 Å². The predicted octanol–water partition coefficient (Wildman–Crippen LogP) is 1.60. The number of aryl methyl sites for hydroxylation is 1. The number of nitrogens with one attached hydrogen (secondary N) is 1. The van der Waals surface area contributed by atoms with Crippen LogP contribution in [0.25, 0.3) is 16.9 Å². The Bertz CT molecular complexity index is 1200. The highest BCUT2D eigenvalue weighted by molar-refractivity contribution is 5.75. The van der Waals surface area contributed by atoms with Gasteiger partial charge in [0.05, 0.1) is 13.2 Å². The summed E-state index contributed by atoms with van der Waals surface area (Å²) in [6.07, 6.45) is 1.43. The zero-order chi connectivity index (χ0) is 19.8. The maximum atomic E-state index is 13.2. The quantitative estimate of drug-likeness (QED) is 0.554. The minimum absolute atomic E-state index is 0.111. The minimum atomic E-state index is -0.111. The van der Waals surface area contributed by atoms with Crippen LogP contribution in [0.2, 0.25) is 0 Å². The Labute approximate surface area is 167 Å². The van der Waals surface area contributed by atoms with Gasteiger partial charge in [0.25, 0.3) is 5.56 Å². The fourth-order valence-corrected chi connectivity index (χ4v) is 3.75. The third-order valence-electron chi connectivity index (χ3n) is 5.17.